The quantitative estimate of drug-likeness (QED) is 0.483. The van der Waals surface area contributed by atoms with Crippen LogP contribution in [0.1, 0.15) is 25.3 Å². The molecule has 1 N–H and O–H groups in total. The molecule has 0 bridgehead atoms. The van der Waals surface area contributed by atoms with Gasteiger partial charge in [-0.1, -0.05) is 17.7 Å². The van der Waals surface area contributed by atoms with E-state index in [-0.39, 0.29) is 0 Å². The summed E-state index contributed by atoms with van der Waals surface area (Å²) in [6, 6.07) is 15.3. The number of ether oxygens (including phenoxy) is 1. The van der Waals surface area contributed by atoms with Crippen LogP contribution in [0.2, 0.25) is 0 Å². The van der Waals surface area contributed by atoms with Crippen LogP contribution in [0, 0.1) is 0 Å². The van der Waals surface area contributed by atoms with E-state index in [9.17, 15) is 0 Å². The number of rotatable bonds is 7. The molecule has 0 amide bonds. The van der Waals surface area contributed by atoms with Gasteiger partial charge in [0.1, 0.15) is 5.75 Å². The maximum absolute atomic E-state index is 6.01. The molecule has 2 aromatic carbocycles. The lowest BCUT2D eigenvalue weighted by atomic mass is 10.1. The van der Waals surface area contributed by atoms with Crippen LogP contribution in [0.25, 0.3) is 16.2 Å². The lowest BCUT2D eigenvalue weighted by Crippen LogP contribution is -2.46. The van der Waals surface area contributed by atoms with E-state index >= 15 is 0 Å². The summed E-state index contributed by atoms with van der Waals surface area (Å²) in [5.74, 6) is 0.968. The number of nitrogens with one attached hydrogen (secondary N) is 1. The van der Waals surface area contributed by atoms with Gasteiger partial charge in [-0.2, -0.15) is 0 Å². The van der Waals surface area contributed by atoms with Crippen molar-refractivity contribution in [3.8, 4) is 5.75 Å². The third kappa shape index (κ3) is 4.73. The number of fused-ring (bicyclic) bond motifs is 2. The summed E-state index contributed by atoms with van der Waals surface area (Å²) >= 11 is 1.83. The zero-order chi connectivity index (χ0) is 21.0. The monoisotopic (exact) mass is 433 g/mol. The Labute approximate surface area is 189 Å². The van der Waals surface area contributed by atoms with Gasteiger partial charge in [-0.15, -0.1) is 11.3 Å². The van der Waals surface area contributed by atoms with Gasteiger partial charge in [-0.3, -0.25) is 4.90 Å². The maximum Gasteiger partial charge on any atom is 0.121 e. The minimum atomic E-state index is 0.785. The Bertz CT molecular complexity index is 1070. The molecule has 4 nitrogen and oxygen atoms in total. The zero-order valence-corrected chi connectivity index (χ0v) is 19.1. The normalized spacial score (nSPS) is 16.7. The van der Waals surface area contributed by atoms with Crippen molar-refractivity contribution >= 4 is 38.9 Å². The molecule has 0 radical (unpaired) electrons. The van der Waals surface area contributed by atoms with Gasteiger partial charge in [0.2, 0.25) is 0 Å². The maximum atomic E-state index is 6.01. The van der Waals surface area contributed by atoms with Crippen molar-refractivity contribution in [2.24, 2.45) is 0 Å². The largest absolute Gasteiger partial charge is 0.494 e. The van der Waals surface area contributed by atoms with Crippen molar-refractivity contribution in [3.05, 3.63) is 59.0 Å². The highest BCUT2D eigenvalue weighted by molar-refractivity contribution is 7.17. The first-order valence-electron chi connectivity index (χ1n) is 11.4. The van der Waals surface area contributed by atoms with Crippen LogP contribution in [0.5, 0.6) is 5.75 Å². The average Bonchev–Trinajstić information content (AvgIpc) is 3.28. The number of nitrogens with zero attached hydrogens (tertiary/aromatic N) is 2. The molecule has 1 fully saturated rings. The van der Waals surface area contributed by atoms with E-state index in [0.717, 1.165) is 58.0 Å². The average molecular weight is 434 g/mol. The molecule has 5 rings (SSSR count). The molecule has 0 unspecified atom stereocenters. The second kappa shape index (κ2) is 9.33. The van der Waals surface area contributed by atoms with Gasteiger partial charge in [0, 0.05) is 60.3 Å². The minimum absolute atomic E-state index is 0.785. The Morgan fingerprint density at radius 2 is 1.94 bits per heavy atom. The van der Waals surface area contributed by atoms with Crippen molar-refractivity contribution in [2.75, 3.05) is 56.1 Å². The Hall–Kier alpha value is -2.50. The molecule has 5 heteroatoms. The molecule has 0 atom stereocenters. The molecule has 1 aromatic heterocycles. The molecule has 0 saturated carbocycles. The summed E-state index contributed by atoms with van der Waals surface area (Å²) in [6.45, 7) is 9.54. The molecule has 0 aliphatic carbocycles. The van der Waals surface area contributed by atoms with Crippen molar-refractivity contribution < 1.29 is 4.74 Å². The Balaban J connectivity index is 1.03. The number of hydrogen-bond donors (Lipinski definition) is 1. The van der Waals surface area contributed by atoms with Crippen LogP contribution in [0.3, 0.4) is 0 Å². The predicted octanol–water partition coefficient (Wildman–Crippen LogP) is 5.71. The number of thiophene rings is 1. The fourth-order valence-electron chi connectivity index (χ4n) is 4.55. The molecule has 162 valence electrons. The van der Waals surface area contributed by atoms with Gasteiger partial charge in [0.15, 0.2) is 0 Å². The van der Waals surface area contributed by atoms with Gasteiger partial charge in [0.05, 0.1) is 6.61 Å². The zero-order valence-electron chi connectivity index (χ0n) is 18.3. The summed E-state index contributed by atoms with van der Waals surface area (Å²) < 4.78 is 7.40. The predicted molar refractivity (Wildman–Crippen MR) is 134 cm³/mol. The number of unbranched alkanes of at least 4 members (excludes halogenated alkanes) is 1. The van der Waals surface area contributed by atoms with Crippen LogP contribution < -0.4 is 15.0 Å². The first-order chi connectivity index (χ1) is 15.3. The highest BCUT2D eigenvalue weighted by atomic mass is 32.1. The summed E-state index contributed by atoms with van der Waals surface area (Å²) in [5.41, 5.74) is 5.20. The van der Waals surface area contributed by atoms with Crippen LogP contribution in [-0.2, 0) is 0 Å². The van der Waals surface area contributed by atoms with Crippen molar-refractivity contribution in [2.45, 2.75) is 19.8 Å². The Morgan fingerprint density at radius 1 is 1.03 bits per heavy atom. The molecule has 0 spiro atoms. The fraction of sp³-hybridized carbons (Fsp3) is 0.385. The van der Waals surface area contributed by atoms with Crippen molar-refractivity contribution in [3.63, 3.8) is 0 Å². The summed E-state index contributed by atoms with van der Waals surface area (Å²) in [5, 5.41) is 7.07. The van der Waals surface area contributed by atoms with E-state index in [1.165, 1.54) is 39.0 Å². The standard InChI is InChI=1S/C26H31N3OS/c1-20-17-21-7-8-22(18-24(21)27-19-20)30-15-3-2-10-28-11-13-29(14-12-28)25-5-4-6-26-23(25)9-16-31-26/h4-9,16-18,27H,2-3,10-15,19H2,1H3. The molecule has 3 heterocycles. The first-order valence-corrected chi connectivity index (χ1v) is 12.3. The molecule has 2 aliphatic rings. The SMILES string of the molecule is CC1=Cc2ccc(OCCCCN3CCN(c4cccc5sccc45)CC3)cc2NC1. The number of hydrogen-bond acceptors (Lipinski definition) is 5. The van der Waals surface area contributed by atoms with Gasteiger partial charge < -0.3 is 15.0 Å². The van der Waals surface area contributed by atoms with Crippen molar-refractivity contribution in [1.29, 1.82) is 0 Å². The van der Waals surface area contributed by atoms with E-state index in [1.54, 1.807) is 0 Å². The lowest BCUT2D eigenvalue weighted by molar-refractivity contribution is 0.239. The molecule has 31 heavy (non-hydrogen) atoms. The van der Waals surface area contributed by atoms with Gasteiger partial charge in [-0.05, 0) is 67.6 Å². The molecule has 1 saturated heterocycles. The smallest absolute Gasteiger partial charge is 0.121 e. The Kier molecular flexibility index (Phi) is 6.14. The fourth-order valence-corrected chi connectivity index (χ4v) is 5.36. The highest BCUT2D eigenvalue weighted by Crippen LogP contribution is 2.31. The summed E-state index contributed by atoms with van der Waals surface area (Å²) in [6.07, 6.45) is 4.53. The van der Waals surface area contributed by atoms with Gasteiger partial charge in [-0.25, -0.2) is 0 Å². The van der Waals surface area contributed by atoms with Crippen LogP contribution in [0.15, 0.2) is 53.4 Å². The number of piperazine rings is 1. The van der Waals surface area contributed by atoms with E-state index < -0.39 is 0 Å². The van der Waals surface area contributed by atoms with E-state index in [2.05, 4.69) is 76.0 Å². The van der Waals surface area contributed by atoms with Crippen molar-refractivity contribution in [1.82, 2.24) is 4.90 Å². The van der Waals surface area contributed by atoms with Crippen LogP contribution in [-0.4, -0.2) is 50.8 Å². The molecular weight excluding hydrogens is 402 g/mol. The highest BCUT2D eigenvalue weighted by Gasteiger charge is 2.18. The summed E-state index contributed by atoms with van der Waals surface area (Å²) in [7, 11) is 0. The van der Waals surface area contributed by atoms with Gasteiger partial charge in [0.25, 0.3) is 0 Å². The van der Waals surface area contributed by atoms with E-state index in [4.69, 9.17) is 4.74 Å². The molecular formula is C26H31N3OS. The second-order valence-corrected chi connectivity index (χ2v) is 9.53. The molecule has 3 aromatic rings. The lowest BCUT2D eigenvalue weighted by Gasteiger charge is -2.36. The second-order valence-electron chi connectivity index (χ2n) is 8.59. The Morgan fingerprint density at radius 3 is 2.84 bits per heavy atom. The number of benzene rings is 2. The van der Waals surface area contributed by atoms with E-state index in [0.29, 0.717) is 0 Å². The van der Waals surface area contributed by atoms with E-state index in [1.807, 2.05) is 11.3 Å². The van der Waals surface area contributed by atoms with Crippen LogP contribution >= 0.6 is 11.3 Å². The molecule has 2 aliphatic heterocycles. The first kappa shape index (κ1) is 20.4. The van der Waals surface area contributed by atoms with Crippen LogP contribution in [0.4, 0.5) is 11.4 Å². The summed E-state index contributed by atoms with van der Waals surface area (Å²) in [4.78, 5) is 5.15. The topological polar surface area (TPSA) is 27.7 Å². The number of anilines is 2. The third-order valence-electron chi connectivity index (χ3n) is 6.31. The minimum Gasteiger partial charge on any atom is -0.494 e. The van der Waals surface area contributed by atoms with Gasteiger partial charge >= 0.3 is 0 Å². The third-order valence-corrected chi connectivity index (χ3v) is 7.19.